The van der Waals surface area contributed by atoms with Crippen LogP contribution < -0.4 is 5.43 Å². The van der Waals surface area contributed by atoms with Crippen molar-refractivity contribution >= 4 is 16.9 Å². The van der Waals surface area contributed by atoms with Gasteiger partial charge in [0.25, 0.3) is 0 Å². The monoisotopic (exact) mass is 311 g/mol. The lowest BCUT2D eigenvalue weighted by Gasteiger charge is -2.12. The van der Waals surface area contributed by atoms with Crippen molar-refractivity contribution in [2.45, 2.75) is 25.6 Å². The van der Waals surface area contributed by atoms with E-state index in [9.17, 15) is 22.8 Å². The van der Waals surface area contributed by atoms with E-state index in [0.717, 1.165) is 18.3 Å². The fourth-order valence-electron chi connectivity index (χ4n) is 2.41. The van der Waals surface area contributed by atoms with Crippen molar-refractivity contribution in [2.75, 3.05) is 6.61 Å². The molecule has 0 radical (unpaired) electrons. The highest BCUT2D eigenvalue weighted by Gasteiger charge is 2.40. The molecule has 116 valence electrons. The van der Waals surface area contributed by atoms with Crippen molar-refractivity contribution in [3.05, 3.63) is 45.8 Å². The van der Waals surface area contributed by atoms with Crippen LogP contribution >= 0.6 is 0 Å². The number of alkyl halides is 1. The molecule has 0 aliphatic heterocycles. The molecule has 1 aliphatic carbocycles. The number of benzene rings is 1. The molecule has 22 heavy (non-hydrogen) atoms. The number of rotatable bonds is 3. The summed E-state index contributed by atoms with van der Waals surface area (Å²) in [5.74, 6) is -3.21. The first-order valence-electron chi connectivity index (χ1n) is 6.79. The van der Waals surface area contributed by atoms with Gasteiger partial charge in [0.05, 0.1) is 18.2 Å². The number of esters is 1. The first-order chi connectivity index (χ1) is 10.4. The van der Waals surface area contributed by atoms with Crippen LogP contribution in [0.25, 0.3) is 10.9 Å². The van der Waals surface area contributed by atoms with Crippen LogP contribution in [0.2, 0.25) is 0 Å². The molecule has 1 fully saturated rings. The molecule has 7 heteroatoms. The summed E-state index contributed by atoms with van der Waals surface area (Å²) in [6.45, 7) is 1.63. The normalized spacial score (nSPS) is 20.2. The summed E-state index contributed by atoms with van der Waals surface area (Å²) in [6, 6.07) is 0.967. The number of pyridine rings is 1. The summed E-state index contributed by atoms with van der Waals surface area (Å²) in [5.41, 5.74) is -1.03. The first kappa shape index (κ1) is 14.6. The van der Waals surface area contributed by atoms with E-state index in [4.69, 9.17) is 4.74 Å². The Morgan fingerprint density at radius 1 is 1.36 bits per heavy atom. The van der Waals surface area contributed by atoms with Crippen molar-refractivity contribution in [1.82, 2.24) is 4.57 Å². The van der Waals surface area contributed by atoms with E-state index < -0.39 is 35.2 Å². The van der Waals surface area contributed by atoms with Crippen molar-refractivity contribution in [3.8, 4) is 0 Å². The van der Waals surface area contributed by atoms with Gasteiger partial charge in [-0.1, -0.05) is 0 Å². The predicted octanol–water partition coefficient (Wildman–Crippen LogP) is 2.74. The maximum atomic E-state index is 13.4. The largest absolute Gasteiger partial charge is 0.462 e. The maximum Gasteiger partial charge on any atom is 0.343 e. The number of carbonyl (C=O) groups excluding carboxylic acids is 1. The Hall–Kier alpha value is -2.31. The maximum absolute atomic E-state index is 13.4. The number of hydrogen-bond acceptors (Lipinski definition) is 3. The Bertz CT molecular complexity index is 831. The number of aromatic nitrogens is 1. The number of carbonyl (C=O) groups is 1. The molecule has 0 amide bonds. The van der Waals surface area contributed by atoms with Gasteiger partial charge in [0.1, 0.15) is 11.7 Å². The van der Waals surface area contributed by atoms with Gasteiger partial charge in [0.15, 0.2) is 11.6 Å². The predicted molar refractivity (Wildman–Crippen MR) is 72.6 cm³/mol. The molecule has 2 atom stereocenters. The Kier molecular flexibility index (Phi) is 3.42. The lowest BCUT2D eigenvalue weighted by molar-refractivity contribution is 0.0524. The van der Waals surface area contributed by atoms with Crippen molar-refractivity contribution < 1.29 is 22.7 Å². The van der Waals surface area contributed by atoms with Crippen LogP contribution in [0.1, 0.15) is 29.7 Å². The van der Waals surface area contributed by atoms with E-state index in [-0.39, 0.29) is 29.5 Å². The Morgan fingerprint density at radius 2 is 2.00 bits per heavy atom. The number of halogens is 3. The molecule has 1 saturated carbocycles. The smallest absolute Gasteiger partial charge is 0.343 e. The zero-order valence-electron chi connectivity index (χ0n) is 11.6. The van der Waals surface area contributed by atoms with Crippen LogP contribution in [0.5, 0.6) is 0 Å². The summed E-state index contributed by atoms with van der Waals surface area (Å²) < 4.78 is 46.3. The Labute approximate surface area is 123 Å². The molecule has 2 aromatic rings. The molecular formula is C15H12F3NO3. The molecule has 0 saturated heterocycles. The van der Waals surface area contributed by atoms with Crippen molar-refractivity contribution in [3.63, 3.8) is 0 Å². The van der Waals surface area contributed by atoms with Gasteiger partial charge in [-0.15, -0.1) is 0 Å². The van der Waals surface area contributed by atoms with Crippen LogP contribution in [0.4, 0.5) is 13.2 Å². The zero-order chi connectivity index (χ0) is 16.0. The highest BCUT2D eigenvalue weighted by atomic mass is 19.2. The average molecular weight is 311 g/mol. The van der Waals surface area contributed by atoms with Gasteiger partial charge in [-0.05, 0) is 13.0 Å². The van der Waals surface area contributed by atoms with E-state index >= 15 is 0 Å². The summed E-state index contributed by atoms with van der Waals surface area (Å²) in [4.78, 5) is 24.1. The van der Waals surface area contributed by atoms with Crippen LogP contribution in [-0.4, -0.2) is 23.3 Å². The second-order valence-electron chi connectivity index (χ2n) is 5.10. The number of fused-ring (bicyclic) bond motifs is 1. The zero-order valence-corrected chi connectivity index (χ0v) is 11.6. The first-order valence-corrected chi connectivity index (χ1v) is 6.79. The van der Waals surface area contributed by atoms with Crippen LogP contribution in [-0.2, 0) is 4.74 Å². The molecular weight excluding hydrogens is 299 g/mol. The van der Waals surface area contributed by atoms with E-state index in [2.05, 4.69) is 0 Å². The fourth-order valence-corrected chi connectivity index (χ4v) is 2.41. The molecule has 0 N–H and O–H groups in total. The molecule has 1 aromatic heterocycles. The molecule has 0 bridgehead atoms. The van der Waals surface area contributed by atoms with E-state index in [1.54, 1.807) is 6.92 Å². The van der Waals surface area contributed by atoms with Crippen LogP contribution in [0.3, 0.4) is 0 Å². The van der Waals surface area contributed by atoms with Gasteiger partial charge in [-0.2, -0.15) is 0 Å². The number of nitrogens with zero attached hydrogens (tertiary/aromatic N) is 1. The van der Waals surface area contributed by atoms with Gasteiger partial charge in [-0.25, -0.2) is 18.0 Å². The minimum Gasteiger partial charge on any atom is -0.462 e. The lowest BCUT2D eigenvalue weighted by Crippen LogP contribution is -2.21. The molecule has 1 aromatic carbocycles. The fraction of sp³-hybridized carbons (Fsp3) is 0.333. The number of hydrogen-bond donors (Lipinski definition) is 0. The van der Waals surface area contributed by atoms with Crippen LogP contribution in [0.15, 0.2) is 23.1 Å². The topological polar surface area (TPSA) is 48.3 Å². The molecule has 4 nitrogen and oxygen atoms in total. The summed E-state index contributed by atoms with van der Waals surface area (Å²) >= 11 is 0. The standard InChI is InChI=1S/C15H12F3NO3/c1-2-22-15(21)8-6-19(13-5-11(13)18)12-4-10(17)9(16)3-7(12)14(8)20/h3-4,6,11,13H,2,5H2,1H3/t11-,13+/m0/s1. The lowest BCUT2D eigenvalue weighted by atomic mass is 10.1. The van der Waals surface area contributed by atoms with Gasteiger partial charge >= 0.3 is 5.97 Å². The van der Waals surface area contributed by atoms with Crippen molar-refractivity contribution in [1.29, 1.82) is 0 Å². The average Bonchev–Trinajstić information content (AvgIpc) is 3.18. The summed E-state index contributed by atoms with van der Waals surface area (Å²) in [7, 11) is 0. The minimum absolute atomic E-state index is 0.0575. The van der Waals surface area contributed by atoms with E-state index in [1.807, 2.05) is 0 Å². The molecule has 3 rings (SSSR count). The van der Waals surface area contributed by atoms with Gasteiger partial charge in [-0.3, -0.25) is 4.79 Å². The van der Waals surface area contributed by atoms with E-state index in [1.165, 1.54) is 4.57 Å². The van der Waals surface area contributed by atoms with Crippen LogP contribution in [0, 0.1) is 11.6 Å². The summed E-state index contributed by atoms with van der Waals surface area (Å²) in [6.07, 6.45) is 0.206. The summed E-state index contributed by atoms with van der Waals surface area (Å²) in [5, 5.41) is -0.177. The SMILES string of the molecule is CCOC(=O)c1cn([C@@H]2C[C@@H]2F)c2cc(F)c(F)cc2c1=O. The molecule has 0 spiro atoms. The third kappa shape index (κ3) is 2.26. The Morgan fingerprint density at radius 3 is 2.59 bits per heavy atom. The Balaban J connectivity index is 2.31. The van der Waals surface area contributed by atoms with Crippen molar-refractivity contribution in [2.24, 2.45) is 0 Å². The van der Waals surface area contributed by atoms with Gasteiger partial charge in [0.2, 0.25) is 5.43 Å². The molecule has 1 aliphatic rings. The quantitative estimate of drug-likeness (QED) is 0.819. The second-order valence-corrected chi connectivity index (χ2v) is 5.10. The minimum atomic E-state index is -1.20. The molecule has 0 unspecified atom stereocenters. The van der Waals surface area contributed by atoms with Gasteiger partial charge < -0.3 is 9.30 Å². The van der Waals surface area contributed by atoms with Gasteiger partial charge in [0, 0.05) is 24.1 Å². The highest BCUT2D eigenvalue weighted by molar-refractivity contribution is 5.93. The highest BCUT2D eigenvalue weighted by Crippen LogP contribution is 2.40. The second kappa shape index (κ2) is 5.15. The number of ether oxygens (including phenoxy) is 1. The molecule has 1 heterocycles. The third-order valence-corrected chi connectivity index (χ3v) is 3.61. The van der Waals surface area contributed by atoms with E-state index in [0.29, 0.717) is 0 Å². The third-order valence-electron chi connectivity index (χ3n) is 3.61.